The maximum atomic E-state index is 13.3. The number of morpholine rings is 1. The monoisotopic (exact) mass is 509 g/mol. The normalized spacial score (nSPS) is 23.2. The van der Waals surface area contributed by atoms with Gasteiger partial charge in [-0.1, -0.05) is 36.4 Å². The number of rotatable bonds is 6. The first-order valence-electron chi connectivity index (χ1n) is 13.0. The maximum absolute atomic E-state index is 13.3. The predicted octanol–water partition coefficient (Wildman–Crippen LogP) is 4.41. The van der Waals surface area contributed by atoms with E-state index < -0.39 is 10.0 Å². The summed E-state index contributed by atoms with van der Waals surface area (Å²) in [7, 11) is -3.67. The summed E-state index contributed by atoms with van der Waals surface area (Å²) in [6, 6.07) is 17.6. The van der Waals surface area contributed by atoms with Gasteiger partial charge in [0, 0.05) is 41.6 Å². The molecule has 2 aliphatic rings. The van der Waals surface area contributed by atoms with Crippen molar-refractivity contribution < 1.29 is 17.9 Å². The van der Waals surface area contributed by atoms with Crippen molar-refractivity contribution in [1.82, 2.24) is 14.2 Å². The minimum absolute atomic E-state index is 0.0353. The summed E-state index contributed by atoms with van der Waals surface area (Å²) in [6.45, 7) is 6.64. The highest BCUT2D eigenvalue weighted by Gasteiger charge is 2.34. The van der Waals surface area contributed by atoms with Gasteiger partial charge in [0.05, 0.1) is 24.2 Å². The minimum Gasteiger partial charge on any atom is -0.377 e. The average molecular weight is 510 g/mol. The van der Waals surface area contributed by atoms with Crippen LogP contribution in [-0.2, 0) is 26.1 Å². The quantitative estimate of drug-likeness (QED) is 0.534. The summed E-state index contributed by atoms with van der Waals surface area (Å²) < 4.78 is 37.2. The number of benzene rings is 2. The molecule has 1 amide bonds. The number of fused-ring (bicyclic) bond motifs is 1. The van der Waals surface area contributed by atoms with Gasteiger partial charge in [0.25, 0.3) is 0 Å². The summed E-state index contributed by atoms with van der Waals surface area (Å²) in [5.74, 6) is 0.152. The van der Waals surface area contributed by atoms with Gasteiger partial charge in [-0.15, -0.1) is 0 Å². The molecule has 2 fully saturated rings. The standard InChI is InChI=1S/C28H35N3O4S/c1-3-30-26(21-7-5-4-6-8-21)17-23-11-14-25(18-27(23)30)36(33,34)29-24-12-9-22(10-13-24)28(32)31-15-16-35-19-20(31)2/h4-8,11,14,17-18,20,22,24,29H,3,9-10,12-13,15-16,19H2,1-2H3. The number of hydrogen-bond donors (Lipinski definition) is 1. The van der Waals surface area contributed by atoms with E-state index in [-0.39, 0.29) is 28.8 Å². The highest BCUT2D eigenvalue weighted by atomic mass is 32.2. The largest absolute Gasteiger partial charge is 0.377 e. The first kappa shape index (κ1) is 25.0. The van der Waals surface area contributed by atoms with Crippen LogP contribution in [0.1, 0.15) is 39.5 Å². The molecule has 1 aliphatic carbocycles. The van der Waals surface area contributed by atoms with Crippen LogP contribution in [-0.4, -0.2) is 55.6 Å². The van der Waals surface area contributed by atoms with E-state index in [0.717, 1.165) is 28.7 Å². The lowest BCUT2D eigenvalue weighted by atomic mass is 9.85. The molecule has 1 saturated carbocycles. The number of sulfonamides is 1. The molecule has 1 aliphatic heterocycles. The average Bonchev–Trinajstić information content (AvgIpc) is 3.27. The van der Waals surface area contributed by atoms with E-state index in [9.17, 15) is 13.2 Å². The van der Waals surface area contributed by atoms with Crippen LogP contribution in [0.25, 0.3) is 22.2 Å². The van der Waals surface area contributed by atoms with E-state index in [1.807, 2.05) is 36.1 Å². The summed E-state index contributed by atoms with van der Waals surface area (Å²) >= 11 is 0. The van der Waals surface area contributed by atoms with Gasteiger partial charge < -0.3 is 14.2 Å². The molecule has 5 rings (SSSR count). The van der Waals surface area contributed by atoms with Gasteiger partial charge in [0.15, 0.2) is 0 Å². The van der Waals surface area contributed by atoms with Gasteiger partial charge in [-0.2, -0.15) is 0 Å². The summed E-state index contributed by atoms with van der Waals surface area (Å²) in [6.07, 6.45) is 2.74. The molecule has 2 heterocycles. The van der Waals surface area contributed by atoms with Gasteiger partial charge in [-0.3, -0.25) is 4.79 Å². The number of carbonyl (C=O) groups excluding carboxylic acids is 1. The van der Waals surface area contributed by atoms with E-state index in [2.05, 4.69) is 34.4 Å². The Kier molecular flexibility index (Phi) is 7.19. The van der Waals surface area contributed by atoms with Crippen molar-refractivity contribution >= 4 is 26.8 Å². The number of aromatic nitrogens is 1. The highest BCUT2D eigenvalue weighted by Crippen LogP contribution is 2.31. The highest BCUT2D eigenvalue weighted by molar-refractivity contribution is 7.89. The van der Waals surface area contributed by atoms with Gasteiger partial charge in [-0.05, 0) is 63.3 Å². The van der Waals surface area contributed by atoms with Gasteiger partial charge in [0.1, 0.15) is 0 Å². The molecule has 3 aromatic rings. The fraction of sp³-hybridized carbons (Fsp3) is 0.464. The Morgan fingerprint density at radius 3 is 2.50 bits per heavy atom. The third-order valence-corrected chi connectivity index (χ3v) is 9.14. The fourth-order valence-corrected chi connectivity index (χ4v) is 6.95. The summed E-state index contributed by atoms with van der Waals surface area (Å²) in [4.78, 5) is 15.2. The first-order valence-corrected chi connectivity index (χ1v) is 14.4. The van der Waals surface area contributed by atoms with Gasteiger partial charge in [0.2, 0.25) is 15.9 Å². The second kappa shape index (κ2) is 10.4. The lowest BCUT2D eigenvalue weighted by Crippen LogP contribution is -2.50. The first-order chi connectivity index (χ1) is 17.4. The van der Waals surface area contributed by atoms with Crippen LogP contribution in [0.2, 0.25) is 0 Å². The van der Waals surface area contributed by atoms with Crippen LogP contribution < -0.4 is 4.72 Å². The van der Waals surface area contributed by atoms with Crippen LogP contribution in [0.15, 0.2) is 59.5 Å². The Morgan fingerprint density at radius 1 is 1.06 bits per heavy atom. The van der Waals surface area contributed by atoms with Crippen LogP contribution in [0, 0.1) is 5.92 Å². The molecular weight excluding hydrogens is 474 g/mol. The molecule has 0 spiro atoms. The number of aryl methyl sites for hydroxylation is 1. The number of amides is 1. The van der Waals surface area contributed by atoms with E-state index in [1.54, 1.807) is 12.1 Å². The molecule has 0 radical (unpaired) electrons. The summed E-state index contributed by atoms with van der Waals surface area (Å²) in [5.41, 5.74) is 3.09. The maximum Gasteiger partial charge on any atom is 0.240 e. The zero-order valence-electron chi connectivity index (χ0n) is 21.0. The van der Waals surface area contributed by atoms with E-state index >= 15 is 0 Å². The molecule has 36 heavy (non-hydrogen) atoms. The number of nitrogens with one attached hydrogen (secondary N) is 1. The molecule has 0 bridgehead atoms. The fourth-order valence-electron chi connectivity index (χ4n) is 5.62. The number of hydrogen-bond acceptors (Lipinski definition) is 4. The minimum atomic E-state index is -3.67. The van der Waals surface area contributed by atoms with E-state index in [0.29, 0.717) is 45.4 Å². The number of carbonyl (C=O) groups is 1. The van der Waals surface area contributed by atoms with E-state index in [1.165, 1.54) is 0 Å². The zero-order valence-corrected chi connectivity index (χ0v) is 21.8. The lowest BCUT2D eigenvalue weighted by Gasteiger charge is -2.37. The number of ether oxygens (including phenoxy) is 1. The Hall–Kier alpha value is -2.68. The molecule has 8 heteroatoms. The number of nitrogens with zero attached hydrogens (tertiary/aromatic N) is 2. The molecule has 1 saturated heterocycles. The van der Waals surface area contributed by atoms with Crippen LogP contribution >= 0.6 is 0 Å². The summed E-state index contributed by atoms with van der Waals surface area (Å²) in [5, 5.41) is 1.02. The third kappa shape index (κ3) is 4.94. The predicted molar refractivity (Wildman–Crippen MR) is 141 cm³/mol. The molecule has 2 aromatic carbocycles. The van der Waals surface area contributed by atoms with Crippen LogP contribution in [0.4, 0.5) is 0 Å². The second-order valence-electron chi connectivity index (χ2n) is 9.99. The Morgan fingerprint density at radius 2 is 1.81 bits per heavy atom. The van der Waals surface area contributed by atoms with Crippen molar-refractivity contribution in [2.24, 2.45) is 5.92 Å². The van der Waals surface area contributed by atoms with Crippen molar-refractivity contribution in [2.75, 3.05) is 19.8 Å². The van der Waals surface area contributed by atoms with Crippen molar-refractivity contribution in [3.05, 3.63) is 54.6 Å². The smallest absolute Gasteiger partial charge is 0.240 e. The Balaban J connectivity index is 1.29. The van der Waals surface area contributed by atoms with Crippen LogP contribution in [0.5, 0.6) is 0 Å². The SMILES string of the molecule is CCn1c(-c2ccccc2)cc2ccc(S(=O)(=O)NC3CCC(C(=O)N4CCOCC4C)CC3)cc21. The zero-order chi connectivity index (χ0) is 25.3. The van der Waals surface area contributed by atoms with Gasteiger partial charge in [-0.25, -0.2) is 13.1 Å². The molecule has 1 N–H and O–H groups in total. The molecule has 7 nitrogen and oxygen atoms in total. The van der Waals surface area contributed by atoms with Crippen molar-refractivity contribution in [2.45, 2.75) is 63.1 Å². The lowest BCUT2D eigenvalue weighted by molar-refractivity contribution is -0.144. The molecule has 1 unspecified atom stereocenters. The molecule has 1 aromatic heterocycles. The van der Waals surface area contributed by atoms with Crippen LogP contribution in [0.3, 0.4) is 0 Å². The van der Waals surface area contributed by atoms with Crippen molar-refractivity contribution in [3.63, 3.8) is 0 Å². The third-order valence-electron chi connectivity index (χ3n) is 7.62. The van der Waals surface area contributed by atoms with Gasteiger partial charge >= 0.3 is 0 Å². The second-order valence-corrected chi connectivity index (χ2v) is 11.7. The molecule has 192 valence electrons. The molecular formula is C28H35N3O4S. The van der Waals surface area contributed by atoms with Crippen molar-refractivity contribution in [1.29, 1.82) is 0 Å². The Bertz CT molecular complexity index is 1330. The topological polar surface area (TPSA) is 80.6 Å². The molecule has 1 atom stereocenters. The Labute approximate surface area is 213 Å². The van der Waals surface area contributed by atoms with E-state index in [4.69, 9.17) is 4.74 Å². The van der Waals surface area contributed by atoms with Crippen molar-refractivity contribution in [3.8, 4) is 11.3 Å².